The van der Waals surface area contributed by atoms with Crippen molar-refractivity contribution in [2.45, 2.75) is 12.8 Å². The lowest BCUT2D eigenvalue weighted by Crippen LogP contribution is -2.31. The summed E-state index contributed by atoms with van der Waals surface area (Å²) in [5.41, 5.74) is 2.25. The molecule has 2 heterocycles. The summed E-state index contributed by atoms with van der Waals surface area (Å²) in [7, 11) is 1.96. The second kappa shape index (κ2) is 6.05. The summed E-state index contributed by atoms with van der Waals surface area (Å²) in [4.78, 5) is 0. The molecule has 1 aromatic carbocycles. The molecule has 0 bridgehead atoms. The molecule has 1 saturated heterocycles. The number of nitrogens with zero attached hydrogens (tertiary/aromatic N) is 3. The Hall–Kier alpha value is -1.88. The van der Waals surface area contributed by atoms with Gasteiger partial charge in [-0.2, -0.15) is 0 Å². The van der Waals surface area contributed by atoms with Gasteiger partial charge in [0.15, 0.2) is 5.82 Å². The number of nitrogens with one attached hydrogen (secondary N) is 2. The highest BCUT2D eigenvalue weighted by atomic mass is 15.2. The number of aromatic nitrogens is 3. The molecule has 20 heavy (non-hydrogen) atoms. The van der Waals surface area contributed by atoms with Gasteiger partial charge in [0.25, 0.3) is 0 Å². The van der Waals surface area contributed by atoms with Crippen LogP contribution in [0.15, 0.2) is 30.6 Å². The lowest BCUT2D eigenvalue weighted by Gasteiger charge is -2.23. The third-order valence-corrected chi connectivity index (χ3v) is 3.89. The van der Waals surface area contributed by atoms with Crippen LogP contribution in [0.5, 0.6) is 0 Å². The molecule has 2 N–H and O–H groups in total. The summed E-state index contributed by atoms with van der Waals surface area (Å²) >= 11 is 0. The number of hydrogen-bond donors (Lipinski definition) is 2. The van der Waals surface area contributed by atoms with Gasteiger partial charge in [0.05, 0.1) is 0 Å². The average molecular weight is 271 g/mol. The number of rotatable bonds is 4. The van der Waals surface area contributed by atoms with Crippen LogP contribution in [0.2, 0.25) is 0 Å². The average Bonchev–Trinajstić information content (AvgIpc) is 2.93. The molecule has 0 radical (unpaired) electrons. The molecule has 1 aliphatic heterocycles. The number of benzene rings is 1. The van der Waals surface area contributed by atoms with E-state index in [1.807, 2.05) is 11.6 Å². The SMILES string of the molecule is Cn1cnnc1-c1cccc(NCC2CCNCC2)c1. The Kier molecular flexibility index (Phi) is 3.97. The second-order valence-corrected chi connectivity index (χ2v) is 5.42. The first kappa shape index (κ1) is 13.1. The van der Waals surface area contributed by atoms with Gasteiger partial charge in [-0.05, 0) is 44.0 Å². The molecule has 1 aromatic heterocycles. The van der Waals surface area contributed by atoms with E-state index in [9.17, 15) is 0 Å². The molecule has 0 amide bonds. The van der Waals surface area contributed by atoms with Crippen molar-refractivity contribution in [3.8, 4) is 11.4 Å². The maximum Gasteiger partial charge on any atom is 0.163 e. The van der Waals surface area contributed by atoms with Crippen LogP contribution in [-0.2, 0) is 7.05 Å². The standard InChI is InChI=1S/C15H21N5/c1-20-11-18-19-15(20)13-3-2-4-14(9-13)17-10-12-5-7-16-8-6-12/h2-4,9,11-12,16-17H,5-8,10H2,1H3. The number of aryl methyl sites for hydroxylation is 1. The first-order valence-electron chi connectivity index (χ1n) is 7.22. The Morgan fingerprint density at radius 2 is 2.20 bits per heavy atom. The van der Waals surface area contributed by atoms with E-state index in [1.54, 1.807) is 6.33 Å². The third-order valence-electron chi connectivity index (χ3n) is 3.89. The van der Waals surface area contributed by atoms with Crippen LogP contribution in [0, 0.1) is 5.92 Å². The summed E-state index contributed by atoms with van der Waals surface area (Å²) < 4.78 is 1.94. The van der Waals surface area contributed by atoms with Crippen molar-refractivity contribution in [3.63, 3.8) is 0 Å². The molecule has 5 nitrogen and oxygen atoms in total. The fourth-order valence-electron chi connectivity index (χ4n) is 2.66. The Bertz CT molecular complexity index is 557. The first-order valence-corrected chi connectivity index (χ1v) is 7.22. The van der Waals surface area contributed by atoms with Gasteiger partial charge in [-0.15, -0.1) is 10.2 Å². The Morgan fingerprint density at radius 3 is 2.95 bits per heavy atom. The van der Waals surface area contributed by atoms with E-state index in [0.29, 0.717) is 0 Å². The fourth-order valence-corrected chi connectivity index (χ4v) is 2.66. The quantitative estimate of drug-likeness (QED) is 0.891. The summed E-state index contributed by atoms with van der Waals surface area (Å²) in [5.74, 6) is 1.67. The Labute approximate surface area is 119 Å². The lowest BCUT2D eigenvalue weighted by atomic mass is 9.98. The van der Waals surface area contributed by atoms with E-state index in [1.165, 1.54) is 12.8 Å². The summed E-state index contributed by atoms with van der Waals surface area (Å²) in [6.07, 6.45) is 4.25. The Morgan fingerprint density at radius 1 is 1.35 bits per heavy atom. The molecular formula is C15H21N5. The van der Waals surface area contributed by atoms with Gasteiger partial charge < -0.3 is 15.2 Å². The normalized spacial score (nSPS) is 16.2. The maximum atomic E-state index is 4.15. The smallest absolute Gasteiger partial charge is 0.163 e. The zero-order valence-corrected chi connectivity index (χ0v) is 11.8. The van der Waals surface area contributed by atoms with Crippen LogP contribution in [0.1, 0.15) is 12.8 Å². The maximum absolute atomic E-state index is 4.15. The van der Waals surface area contributed by atoms with Crippen molar-refractivity contribution in [3.05, 3.63) is 30.6 Å². The van der Waals surface area contributed by atoms with Crippen molar-refractivity contribution in [2.75, 3.05) is 25.0 Å². The number of hydrogen-bond acceptors (Lipinski definition) is 4. The van der Waals surface area contributed by atoms with Gasteiger partial charge in [0.2, 0.25) is 0 Å². The van der Waals surface area contributed by atoms with Crippen LogP contribution in [0.3, 0.4) is 0 Å². The monoisotopic (exact) mass is 271 g/mol. The van der Waals surface area contributed by atoms with Gasteiger partial charge in [-0.3, -0.25) is 0 Å². The molecular weight excluding hydrogens is 250 g/mol. The van der Waals surface area contributed by atoms with E-state index in [4.69, 9.17) is 0 Å². The predicted octanol–water partition coefficient (Wildman–Crippen LogP) is 1.89. The summed E-state index contributed by atoms with van der Waals surface area (Å²) in [6, 6.07) is 8.39. The first-order chi connectivity index (χ1) is 9.83. The van der Waals surface area contributed by atoms with E-state index in [2.05, 4.69) is 45.1 Å². The van der Waals surface area contributed by atoms with Crippen LogP contribution in [0.25, 0.3) is 11.4 Å². The van der Waals surface area contributed by atoms with Crippen LogP contribution >= 0.6 is 0 Å². The van der Waals surface area contributed by atoms with Gasteiger partial charge in [-0.25, -0.2) is 0 Å². The zero-order chi connectivity index (χ0) is 13.8. The van der Waals surface area contributed by atoms with Crippen LogP contribution in [-0.4, -0.2) is 34.4 Å². The molecule has 3 rings (SSSR count). The highest BCUT2D eigenvalue weighted by Gasteiger charge is 2.12. The minimum Gasteiger partial charge on any atom is -0.385 e. The van der Waals surface area contributed by atoms with Gasteiger partial charge in [0.1, 0.15) is 6.33 Å². The minimum absolute atomic E-state index is 0.773. The van der Waals surface area contributed by atoms with E-state index >= 15 is 0 Å². The molecule has 1 aliphatic rings. The molecule has 1 fully saturated rings. The lowest BCUT2D eigenvalue weighted by molar-refractivity contribution is 0.390. The Balaban J connectivity index is 1.67. The topological polar surface area (TPSA) is 54.8 Å². The fraction of sp³-hybridized carbons (Fsp3) is 0.467. The largest absolute Gasteiger partial charge is 0.385 e. The molecule has 106 valence electrons. The van der Waals surface area contributed by atoms with Gasteiger partial charge in [0, 0.05) is 24.8 Å². The summed E-state index contributed by atoms with van der Waals surface area (Å²) in [5, 5.41) is 15.0. The minimum atomic E-state index is 0.773. The molecule has 2 aromatic rings. The molecule has 0 spiro atoms. The number of piperidine rings is 1. The third kappa shape index (κ3) is 2.99. The predicted molar refractivity (Wildman–Crippen MR) is 80.5 cm³/mol. The van der Waals surface area contributed by atoms with Crippen LogP contribution in [0.4, 0.5) is 5.69 Å². The van der Waals surface area contributed by atoms with Gasteiger partial charge in [-0.1, -0.05) is 12.1 Å². The summed E-state index contributed by atoms with van der Waals surface area (Å²) in [6.45, 7) is 3.33. The van der Waals surface area contributed by atoms with Crippen molar-refractivity contribution in [2.24, 2.45) is 13.0 Å². The van der Waals surface area contributed by atoms with Gasteiger partial charge >= 0.3 is 0 Å². The number of anilines is 1. The molecule has 0 aliphatic carbocycles. The molecule has 5 heteroatoms. The molecule has 0 unspecified atom stereocenters. The van der Waals surface area contributed by atoms with E-state index in [-0.39, 0.29) is 0 Å². The van der Waals surface area contributed by atoms with Crippen molar-refractivity contribution < 1.29 is 0 Å². The zero-order valence-electron chi connectivity index (χ0n) is 11.8. The van der Waals surface area contributed by atoms with E-state index < -0.39 is 0 Å². The molecule has 0 atom stereocenters. The molecule has 0 saturated carbocycles. The second-order valence-electron chi connectivity index (χ2n) is 5.42. The van der Waals surface area contributed by atoms with Crippen molar-refractivity contribution >= 4 is 5.69 Å². The van der Waals surface area contributed by atoms with Crippen LogP contribution < -0.4 is 10.6 Å². The van der Waals surface area contributed by atoms with E-state index in [0.717, 1.165) is 42.6 Å². The highest BCUT2D eigenvalue weighted by molar-refractivity contribution is 5.62. The van der Waals surface area contributed by atoms with Crippen molar-refractivity contribution in [1.29, 1.82) is 0 Å². The van der Waals surface area contributed by atoms with Crippen molar-refractivity contribution in [1.82, 2.24) is 20.1 Å². The highest BCUT2D eigenvalue weighted by Crippen LogP contribution is 2.21.